The van der Waals surface area contributed by atoms with Crippen molar-refractivity contribution in [3.63, 3.8) is 0 Å². The summed E-state index contributed by atoms with van der Waals surface area (Å²) in [4.78, 5) is 2.32. The van der Waals surface area contributed by atoms with Crippen molar-refractivity contribution < 1.29 is 9.47 Å². The van der Waals surface area contributed by atoms with E-state index >= 15 is 0 Å². The van der Waals surface area contributed by atoms with Gasteiger partial charge in [0.25, 0.3) is 0 Å². The normalized spacial score (nSPS) is 11.2. The predicted octanol–water partition coefficient (Wildman–Crippen LogP) is 10.5. The smallest absolute Gasteiger partial charge is 0.118 e. The van der Waals surface area contributed by atoms with Crippen molar-refractivity contribution in [3.05, 3.63) is 174 Å². The van der Waals surface area contributed by atoms with Gasteiger partial charge < -0.3 is 14.4 Å². The average Bonchev–Trinajstić information content (AvgIpc) is 3.10. The van der Waals surface area contributed by atoms with Gasteiger partial charge in [-0.05, 0) is 102 Å². The Balaban J connectivity index is 1.42. The summed E-state index contributed by atoms with van der Waals surface area (Å²) >= 11 is 0. The van der Waals surface area contributed by atoms with Crippen LogP contribution in [0.3, 0.4) is 0 Å². The van der Waals surface area contributed by atoms with Crippen molar-refractivity contribution >= 4 is 17.1 Å². The molecule has 3 nitrogen and oxygen atoms in total. The van der Waals surface area contributed by atoms with E-state index in [-0.39, 0.29) is 0 Å². The van der Waals surface area contributed by atoms with E-state index in [4.69, 9.17) is 9.47 Å². The van der Waals surface area contributed by atoms with Gasteiger partial charge >= 0.3 is 0 Å². The summed E-state index contributed by atoms with van der Waals surface area (Å²) in [5, 5.41) is 0. The molecule has 0 saturated heterocycles. The topological polar surface area (TPSA) is 21.7 Å². The number of ether oxygens (including phenoxy) is 2. The maximum Gasteiger partial charge on any atom is 0.118 e. The summed E-state index contributed by atoms with van der Waals surface area (Å²) in [5.74, 6) is 1.68. The maximum absolute atomic E-state index is 5.47. The first-order chi connectivity index (χ1) is 21.5. The van der Waals surface area contributed by atoms with Gasteiger partial charge in [0, 0.05) is 22.5 Å². The first-order valence-corrected chi connectivity index (χ1v) is 14.9. The molecule has 0 bridgehead atoms. The molecule has 0 aliphatic heterocycles. The monoisotopic (exact) mass is 575 g/mol. The van der Waals surface area contributed by atoms with E-state index in [9.17, 15) is 0 Å². The van der Waals surface area contributed by atoms with E-state index < -0.39 is 5.41 Å². The highest BCUT2D eigenvalue weighted by Gasteiger charge is 2.31. The summed E-state index contributed by atoms with van der Waals surface area (Å²) in [6, 6.07) is 53.7. The van der Waals surface area contributed by atoms with Gasteiger partial charge in [-0.25, -0.2) is 0 Å². The average molecular weight is 576 g/mol. The Morgan fingerprint density at radius 3 is 1.23 bits per heavy atom. The lowest BCUT2D eigenvalue weighted by atomic mass is 9.71. The molecule has 218 valence electrons. The first-order valence-electron chi connectivity index (χ1n) is 14.9. The van der Waals surface area contributed by atoms with Gasteiger partial charge in [-0.15, -0.1) is 0 Å². The lowest BCUT2D eigenvalue weighted by Gasteiger charge is -2.33. The molecule has 0 unspecified atom stereocenters. The quantitative estimate of drug-likeness (QED) is 0.160. The molecule has 6 aromatic carbocycles. The molecule has 0 saturated carbocycles. The van der Waals surface area contributed by atoms with E-state index in [1.54, 1.807) is 14.2 Å². The molecule has 0 aliphatic carbocycles. The lowest BCUT2D eigenvalue weighted by Crippen LogP contribution is -2.25. The number of aryl methyl sites for hydroxylation is 1. The highest BCUT2D eigenvalue weighted by atomic mass is 16.5. The molecule has 0 amide bonds. The second-order valence-corrected chi connectivity index (χ2v) is 11.2. The SMILES string of the molecule is COc1ccc(C(C)(c2ccc(OC)cc2)c2ccc(N(c3ccc(C)cc3)c3ccc(-c4ccccc4)cc3)cc2)cc1. The predicted molar refractivity (Wildman–Crippen MR) is 183 cm³/mol. The number of hydrogen-bond acceptors (Lipinski definition) is 3. The van der Waals surface area contributed by atoms with Crippen LogP contribution in [0, 0.1) is 6.92 Å². The second kappa shape index (κ2) is 12.5. The number of rotatable bonds is 9. The molecule has 3 heteroatoms. The van der Waals surface area contributed by atoms with E-state index in [1.807, 2.05) is 24.3 Å². The number of anilines is 3. The molecule has 0 aromatic heterocycles. The van der Waals surface area contributed by atoms with Gasteiger partial charge in [-0.3, -0.25) is 0 Å². The Morgan fingerprint density at radius 1 is 0.432 bits per heavy atom. The van der Waals surface area contributed by atoms with Crippen molar-refractivity contribution in [2.24, 2.45) is 0 Å². The molecule has 6 rings (SSSR count). The largest absolute Gasteiger partial charge is 0.497 e. The Hall–Kier alpha value is -5.28. The Bertz CT molecular complexity index is 1740. The number of nitrogens with zero attached hydrogens (tertiary/aromatic N) is 1. The highest BCUT2D eigenvalue weighted by molar-refractivity contribution is 5.78. The molecule has 0 heterocycles. The van der Waals surface area contributed by atoms with Crippen molar-refractivity contribution in [3.8, 4) is 22.6 Å². The van der Waals surface area contributed by atoms with Crippen LogP contribution < -0.4 is 14.4 Å². The molecule has 6 aromatic rings. The van der Waals surface area contributed by atoms with Crippen LogP contribution in [0.5, 0.6) is 11.5 Å². The molecule has 0 radical (unpaired) electrons. The minimum Gasteiger partial charge on any atom is -0.497 e. The van der Waals surface area contributed by atoms with Crippen LogP contribution in [0.4, 0.5) is 17.1 Å². The van der Waals surface area contributed by atoms with Crippen molar-refractivity contribution in [2.45, 2.75) is 19.3 Å². The van der Waals surface area contributed by atoms with Gasteiger partial charge in [0.1, 0.15) is 11.5 Å². The molecule has 0 spiro atoms. The summed E-state index contributed by atoms with van der Waals surface area (Å²) in [6.45, 7) is 4.41. The molecular weight excluding hydrogens is 538 g/mol. The van der Waals surface area contributed by atoms with Crippen LogP contribution in [0.25, 0.3) is 11.1 Å². The van der Waals surface area contributed by atoms with Gasteiger partial charge in [-0.1, -0.05) is 96.6 Å². The molecule has 0 atom stereocenters. The molecule has 0 aliphatic rings. The first kappa shape index (κ1) is 28.8. The van der Waals surface area contributed by atoms with E-state index in [2.05, 4.69) is 146 Å². The number of hydrogen-bond donors (Lipinski definition) is 0. The molecular formula is C41H37NO2. The van der Waals surface area contributed by atoms with Crippen molar-refractivity contribution in [2.75, 3.05) is 19.1 Å². The molecule has 0 N–H and O–H groups in total. The van der Waals surface area contributed by atoms with Crippen LogP contribution in [0.15, 0.2) is 152 Å². The summed E-state index contributed by atoms with van der Waals surface area (Å²) in [7, 11) is 3.40. The van der Waals surface area contributed by atoms with Gasteiger partial charge in [0.15, 0.2) is 0 Å². The van der Waals surface area contributed by atoms with E-state index in [0.717, 1.165) is 28.6 Å². The maximum atomic E-state index is 5.47. The van der Waals surface area contributed by atoms with E-state index in [0.29, 0.717) is 0 Å². The van der Waals surface area contributed by atoms with Crippen molar-refractivity contribution in [1.82, 2.24) is 0 Å². The van der Waals surface area contributed by atoms with Crippen molar-refractivity contribution in [1.29, 1.82) is 0 Å². The number of benzene rings is 6. The fourth-order valence-corrected chi connectivity index (χ4v) is 5.87. The van der Waals surface area contributed by atoms with Crippen LogP contribution >= 0.6 is 0 Å². The van der Waals surface area contributed by atoms with Crippen LogP contribution in [-0.2, 0) is 5.41 Å². The Morgan fingerprint density at radius 2 is 0.795 bits per heavy atom. The zero-order valence-corrected chi connectivity index (χ0v) is 25.7. The standard InChI is InChI=1S/C41H37NO2/c1-30-10-20-36(21-11-30)42(37-22-12-32(13-23-37)31-8-6-5-7-9-31)38-24-14-33(15-25-38)41(2,34-16-26-39(43-3)27-17-34)35-18-28-40(44-4)29-19-35/h5-29H,1-4H3. The third-order valence-electron chi connectivity index (χ3n) is 8.56. The van der Waals surface area contributed by atoms with Crippen LogP contribution in [-0.4, -0.2) is 14.2 Å². The van der Waals surface area contributed by atoms with Crippen LogP contribution in [0.1, 0.15) is 29.2 Å². The summed E-state index contributed by atoms with van der Waals surface area (Å²) in [6.07, 6.45) is 0. The molecule has 0 fully saturated rings. The third kappa shape index (κ3) is 5.69. The molecule has 44 heavy (non-hydrogen) atoms. The number of methoxy groups -OCH3 is 2. The fourth-order valence-electron chi connectivity index (χ4n) is 5.87. The highest BCUT2D eigenvalue weighted by Crippen LogP contribution is 2.42. The van der Waals surface area contributed by atoms with Gasteiger partial charge in [0.2, 0.25) is 0 Å². The summed E-state index contributed by atoms with van der Waals surface area (Å²) < 4.78 is 10.9. The minimum absolute atomic E-state index is 0.400. The second-order valence-electron chi connectivity index (χ2n) is 11.2. The Labute approximate surface area is 261 Å². The minimum atomic E-state index is -0.400. The third-order valence-corrected chi connectivity index (χ3v) is 8.56. The van der Waals surface area contributed by atoms with E-state index in [1.165, 1.54) is 33.4 Å². The zero-order chi connectivity index (χ0) is 30.5. The summed E-state index contributed by atoms with van der Waals surface area (Å²) in [5.41, 5.74) is 10.1. The lowest BCUT2D eigenvalue weighted by molar-refractivity contribution is 0.414. The van der Waals surface area contributed by atoms with Crippen LogP contribution in [0.2, 0.25) is 0 Å². The van der Waals surface area contributed by atoms with Gasteiger partial charge in [0.05, 0.1) is 14.2 Å². The fraction of sp³-hybridized carbons (Fsp3) is 0.122. The zero-order valence-electron chi connectivity index (χ0n) is 25.7. The van der Waals surface area contributed by atoms with Gasteiger partial charge in [-0.2, -0.15) is 0 Å². The Kier molecular flexibility index (Phi) is 8.21.